The zero-order chi connectivity index (χ0) is 13.4. The molecule has 0 aliphatic heterocycles. The van der Waals surface area contributed by atoms with Crippen LogP contribution in [0.5, 0.6) is 0 Å². The molecule has 0 spiro atoms. The summed E-state index contributed by atoms with van der Waals surface area (Å²) in [5.74, 6) is 3.65. The summed E-state index contributed by atoms with van der Waals surface area (Å²) in [5.41, 5.74) is -1.38. The van der Waals surface area contributed by atoms with Gasteiger partial charge in [0.2, 0.25) is 5.60 Å². The lowest BCUT2D eigenvalue weighted by Gasteiger charge is -2.24. The van der Waals surface area contributed by atoms with Crippen LogP contribution in [0, 0.1) is 24.7 Å². The van der Waals surface area contributed by atoms with E-state index in [1.807, 2.05) is 12.8 Å². The van der Waals surface area contributed by atoms with Crippen molar-refractivity contribution in [2.75, 3.05) is 0 Å². The van der Waals surface area contributed by atoms with Gasteiger partial charge in [0.15, 0.2) is 0 Å². The molecule has 1 N–H and O–H groups in total. The highest BCUT2D eigenvalue weighted by Gasteiger charge is 2.61. The van der Waals surface area contributed by atoms with Gasteiger partial charge in [0.05, 0.1) is 0 Å². The summed E-state index contributed by atoms with van der Waals surface area (Å²) >= 11 is 0. The molecule has 1 unspecified atom stereocenters. The van der Waals surface area contributed by atoms with Gasteiger partial charge >= 0.3 is 6.18 Å². The lowest BCUT2D eigenvalue weighted by Crippen LogP contribution is -2.46. The third-order valence-electron chi connectivity index (χ3n) is 3.05. The number of aryl methyl sites for hydroxylation is 1. The molecule has 0 bridgehead atoms. The normalized spacial score (nSPS) is 18.7. The van der Waals surface area contributed by atoms with Gasteiger partial charge in [-0.3, -0.25) is 0 Å². The maximum Gasteiger partial charge on any atom is 0.428 e. The van der Waals surface area contributed by atoms with Crippen molar-refractivity contribution in [1.82, 2.24) is 0 Å². The predicted octanol–water partition coefficient (Wildman–Crippen LogP) is 3.05. The number of alkyl halides is 3. The Kier molecular flexibility index (Phi) is 3.12. The molecule has 1 aromatic rings. The quantitative estimate of drug-likeness (QED) is 0.764. The SMILES string of the molecule is Cc1ccc(C#CC(O)(C2CC2)C(F)(F)F)cc1. The van der Waals surface area contributed by atoms with Crippen LogP contribution in [0.1, 0.15) is 24.0 Å². The molecule has 1 nitrogen and oxygen atoms in total. The third kappa shape index (κ3) is 2.51. The van der Waals surface area contributed by atoms with Crippen molar-refractivity contribution in [3.63, 3.8) is 0 Å². The molecule has 1 atom stereocenters. The molecule has 4 heteroatoms. The molecule has 0 amide bonds. The molecule has 0 radical (unpaired) electrons. The second-order valence-electron chi connectivity index (χ2n) is 4.65. The average molecular weight is 254 g/mol. The smallest absolute Gasteiger partial charge is 0.369 e. The number of rotatable bonds is 1. The van der Waals surface area contributed by atoms with Crippen LogP contribution in [0.25, 0.3) is 0 Å². The van der Waals surface area contributed by atoms with E-state index in [4.69, 9.17) is 0 Å². The van der Waals surface area contributed by atoms with Gasteiger partial charge < -0.3 is 5.11 Å². The predicted molar refractivity (Wildman–Crippen MR) is 61.8 cm³/mol. The monoisotopic (exact) mass is 254 g/mol. The summed E-state index contributed by atoms with van der Waals surface area (Å²) in [4.78, 5) is 0. The van der Waals surface area contributed by atoms with E-state index in [0.29, 0.717) is 18.4 Å². The van der Waals surface area contributed by atoms with Crippen LogP contribution >= 0.6 is 0 Å². The van der Waals surface area contributed by atoms with E-state index in [1.54, 1.807) is 24.3 Å². The van der Waals surface area contributed by atoms with E-state index in [1.165, 1.54) is 0 Å². The van der Waals surface area contributed by atoms with Crippen molar-refractivity contribution in [1.29, 1.82) is 0 Å². The van der Waals surface area contributed by atoms with Crippen molar-refractivity contribution in [2.24, 2.45) is 5.92 Å². The topological polar surface area (TPSA) is 20.2 Å². The average Bonchev–Trinajstić information content (AvgIpc) is 3.10. The Morgan fingerprint density at radius 1 is 1.17 bits per heavy atom. The molecule has 1 fully saturated rings. The van der Waals surface area contributed by atoms with Gasteiger partial charge in [0.25, 0.3) is 0 Å². The molecule has 1 aromatic carbocycles. The Balaban J connectivity index is 2.28. The van der Waals surface area contributed by atoms with E-state index in [2.05, 4.69) is 5.92 Å². The lowest BCUT2D eigenvalue weighted by atomic mass is 9.97. The molecule has 2 rings (SSSR count). The number of hydrogen-bond donors (Lipinski definition) is 1. The first-order chi connectivity index (χ1) is 8.33. The molecule has 1 saturated carbocycles. The van der Waals surface area contributed by atoms with Gasteiger partial charge in [-0.15, -0.1) is 0 Å². The van der Waals surface area contributed by atoms with Crippen LogP contribution in [-0.4, -0.2) is 16.9 Å². The van der Waals surface area contributed by atoms with E-state index in [0.717, 1.165) is 5.56 Å². The molecule has 96 valence electrons. The highest BCUT2D eigenvalue weighted by atomic mass is 19.4. The van der Waals surface area contributed by atoms with Crippen molar-refractivity contribution < 1.29 is 18.3 Å². The van der Waals surface area contributed by atoms with Crippen molar-refractivity contribution >= 4 is 0 Å². The van der Waals surface area contributed by atoms with Gasteiger partial charge in [-0.05, 0) is 31.9 Å². The zero-order valence-corrected chi connectivity index (χ0v) is 9.88. The highest BCUT2D eigenvalue weighted by molar-refractivity contribution is 5.39. The summed E-state index contributed by atoms with van der Waals surface area (Å²) < 4.78 is 38.4. The Labute approximate surface area is 104 Å². The Bertz CT molecular complexity index is 489. The lowest BCUT2D eigenvalue weighted by molar-refractivity contribution is -0.242. The minimum atomic E-state index is -4.70. The summed E-state index contributed by atoms with van der Waals surface area (Å²) in [6, 6.07) is 6.83. The molecular weight excluding hydrogens is 241 g/mol. The van der Waals surface area contributed by atoms with Gasteiger partial charge in [0.1, 0.15) is 0 Å². The van der Waals surface area contributed by atoms with Crippen molar-refractivity contribution in [3.05, 3.63) is 35.4 Å². The summed E-state index contributed by atoms with van der Waals surface area (Å²) in [6.07, 6.45) is -3.96. The van der Waals surface area contributed by atoms with Crippen LogP contribution in [-0.2, 0) is 0 Å². The molecule has 1 aliphatic carbocycles. The minimum Gasteiger partial charge on any atom is -0.369 e. The molecule has 0 aromatic heterocycles. The summed E-state index contributed by atoms with van der Waals surface area (Å²) in [6.45, 7) is 1.88. The van der Waals surface area contributed by atoms with E-state index in [-0.39, 0.29) is 0 Å². The van der Waals surface area contributed by atoms with Gasteiger partial charge in [-0.2, -0.15) is 13.2 Å². The van der Waals surface area contributed by atoms with Gasteiger partial charge in [-0.25, -0.2) is 0 Å². The fourth-order valence-corrected chi connectivity index (χ4v) is 1.71. The molecular formula is C14H13F3O. The van der Waals surface area contributed by atoms with E-state index < -0.39 is 17.7 Å². The molecule has 1 aliphatic rings. The third-order valence-corrected chi connectivity index (χ3v) is 3.05. The number of halogens is 3. The van der Waals surface area contributed by atoms with E-state index >= 15 is 0 Å². The fourth-order valence-electron chi connectivity index (χ4n) is 1.71. The maximum atomic E-state index is 12.8. The summed E-state index contributed by atoms with van der Waals surface area (Å²) in [5, 5.41) is 9.70. The first-order valence-electron chi connectivity index (χ1n) is 5.72. The first kappa shape index (κ1) is 13.0. The van der Waals surface area contributed by atoms with Crippen LogP contribution in [0.2, 0.25) is 0 Å². The second kappa shape index (κ2) is 4.33. The number of aliphatic hydroxyl groups is 1. The number of benzene rings is 1. The molecule has 18 heavy (non-hydrogen) atoms. The summed E-state index contributed by atoms with van der Waals surface area (Å²) in [7, 11) is 0. The molecule has 0 saturated heterocycles. The van der Waals surface area contributed by atoms with Crippen molar-refractivity contribution in [2.45, 2.75) is 31.5 Å². The standard InChI is InChI=1S/C14H13F3O/c1-10-2-4-11(5-3-10)8-9-13(18,12-6-7-12)14(15,16)17/h2-5,12,18H,6-7H2,1H3. The maximum absolute atomic E-state index is 12.8. The highest BCUT2D eigenvalue weighted by Crippen LogP contribution is 2.47. The second-order valence-corrected chi connectivity index (χ2v) is 4.65. The van der Waals surface area contributed by atoms with Crippen LogP contribution < -0.4 is 0 Å². The van der Waals surface area contributed by atoms with Crippen LogP contribution in [0.3, 0.4) is 0 Å². The van der Waals surface area contributed by atoms with Crippen LogP contribution in [0.15, 0.2) is 24.3 Å². The fraction of sp³-hybridized carbons (Fsp3) is 0.429. The first-order valence-corrected chi connectivity index (χ1v) is 5.72. The van der Waals surface area contributed by atoms with Gasteiger partial charge in [-0.1, -0.05) is 29.5 Å². The zero-order valence-electron chi connectivity index (χ0n) is 9.88. The minimum absolute atomic E-state index is 0.374. The van der Waals surface area contributed by atoms with Gasteiger partial charge in [0, 0.05) is 11.5 Å². The van der Waals surface area contributed by atoms with Crippen molar-refractivity contribution in [3.8, 4) is 11.8 Å². The Morgan fingerprint density at radius 3 is 2.17 bits per heavy atom. The Hall–Kier alpha value is -1.47. The Morgan fingerprint density at radius 2 is 1.72 bits per heavy atom. The molecule has 0 heterocycles. The van der Waals surface area contributed by atoms with Crippen LogP contribution in [0.4, 0.5) is 13.2 Å². The number of hydrogen-bond acceptors (Lipinski definition) is 1. The largest absolute Gasteiger partial charge is 0.428 e. The van der Waals surface area contributed by atoms with E-state index in [9.17, 15) is 18.3 Å².